The summed E-state index contributed by atoms with van der Waals surface area (Å²) in [6.07, 6.45) is 6.52. The van der Waals surface area contributed by atoms with Crippen LogP contribution in [0.2, 0.25) is 0 Å². The molecule has 3 N–H and O–H groups in total. The number of anilines is 1. The molecule has 0 spiro atoms. The van der Waals surface area contributed by atoms with E-state index < -0.39 is 20.0 Å². The van der Waals surface area contributed by atoms with Gasteiger partial charge in [0.15, 0.2) is 0 Å². The maximum Gasteiger partial charge on any atom is 0.243 e. The minimum Gasteiger partial charge on any atom is -0.383 e. The van der Waals surface area contributed by atoms with E-state index in [-0.39, 0.29) is 33.5 Å². The van der Waals surface area contributed by atoms with Crippen molar-refractivity contribution in [3.8, 4) is 0 Å². The molecule has 11 heteroatoms. The van der Waals surface area contributed by atoms with Gasteiger partial charge < -0.3 is 16.0 Å². The van der Waals surface area contributed by atoms with Crippen molar-refractivity contribution < 1.29 is 16.8 Å². The van der Waals surface area contributed by atoms with Gasteiger partial charge in [0.05, 0.1) is 9.79 Å². The molecule has 60 heavy (non-hydrogen) atoms. The molecule has 5 aromatic rings. The van der Waals surface area contributed by atoms with E-state index in [2.05, 4.69) is 52.9 Å². The van der Waals surface area contributed by atoms with Gasteiger partial charge in [-0.2, -0.15) is 8.61 Å². The van der Waals surface area contributed by atoms with Crippen molar-refractivity contribution in [1.29, 1.82) is 0 Å². The van der Waals surface area contributed by atoms with E-state index >= 15 is 0 Å². The summed E-state index contributed by atoms with van der Waals surface area (Å²) in [6.45, 7) is 25.6. The highest BCUT2D eigenvalue weighted by Gasteiger charge is 2.34. The summed E-state index contributed by atoms with van der Waals surface area (Å²) in [7, 11) is -8.21. The molecular weight excluding hydrogens is 787 g/mol. The Balaban J connectivity index is 1.37. The molecule has 0 aliphatic rings. The number of hydrogen-bond donors (Lipinski definition) is 3. The summed E-state index contributed by atoms with van der Waals surface area (Å²) in [4.78, 5) is 0.0961. The Morgan fingerprint density at radius 1 is 0.550 bits per heavy atom. The molecule has 0 radical (unpaired) electrons. The van der Waals surface area contributed by atoms with E-state index in [4.69, 9.17) is 0 Å². The SMILES string of the molecule is C=Cc1ccc(CNCCCCCCNCCNc2ccc3ccc4c(S(=O)(=O)N(CC(C)C)CC(C)C)cc(S(=O)(=O)N(CC(C)C)CC(C)C)c5ccc2c3c45)cc1. The van der Waals surface area contributed by atoms with Gasteiger partial charge in [0.25, 0.3) is 0 Å². The molecule has 0 saturated heterocycles. The third-order valence-corrected chi connectivity index (χ3v) is 14.6. The average Bonchev–Trinajstić information content (AvgIpc) is 3.19. The van der Waals surface area contributed by atoms with Crippen molar-refractivity contribution in [3.63, 3.8) is 0 Å². The van der Waals surface area contributed by atoms with Crippen LogP contribution in [0.3, 0.4) is 0 Å². The zero-order valence-electron chi connectivity index (χ0n) is 37.5. The van der Waals surface area contributed by atoms with E-state index in [1.165, 1.54) is 24.5 Å². The monoisotopic (exact) mass is 857 g/mol. The molecular formula is C49H71N5O4S2. The molecule has 0 saturated carbocycles. The first-order chi connectivity index (χ1) is 28.5. The van der Waals surface area contributed by atoms with Gasteiger partial charge >= 0.3 is 0 Å². The summed E-state index contributed by atoms with van der Waals surface area (Å²) in [5.41, 5.74) is 3.36. The lowest BCUT2D eigenvalue weighted by Gasteiger charge is -2.29. The summed E-state index contributed by atoms with van der Waals surface area (Å²) in [5, 5.41) is 15.3. The molecule has 0 aliphatic heterocycles. The average molecular weight is 858 g/mol. The predicted molar refractivity (Wildman–Crippen MR) is 255 cm³/mol. The van der Waals surface area contributed by atoms with Crippen LogP contribution >= 0.6 is 0 Å². The molecule has 5 aromatic carbocycles. The Morgan fingerprint density at radius 3 is 1.55 bits per heavy atom. The van der Waals surface area contributed by atoms with Gasteiger partial charge in [-0.25, -0.2) is 16.8 Å². The number of rotatable bonds is 26. The minimum absolute atomic E-state index is 0.0480. The fourth-order valence-corrected chi connectivity index (χ4v) is 12.2. The summed E-state index contributed by atoms with van der Waals surface area (Å²) < 4.78 is 62.7. The van der Waals surface area contributed by atoms with E-state index in [0.29, 0.717) is 48.9 Å². The summed E-state index contributed by atoms with van der Waals surface area (Å²) in [6, 6.07) is 21.8. The third-order valence-electron chi connectivity index (χ3n) is 10.8. The number of sulfonamides is 2. The molecule has 0 heterocycles. The molecule has 328 valence electrons. The Labute approximate surface area is 361 Å². The molecule has 0 aliphatic carbocycles. The highest BCUT2D eigenvalue weighted by molar-refractivity contribution is 7.90. The lowest BCUT2D eigenvalue weighted by atomic mass is 9.93. The van der Waals surface area contributed by atoms with Crippen molar-refractivity contribution in [3.05, 3.63) is 84.4 Å². The van der Waals surface area contributed by atoms with Crippen molar-refractivity contribution in [2.45, 2.75) is 97.4 Å². The lowest BCUT2D eigenvalue weighted by Crippen LogP contribution is -2.38. The Hall–Kier alpha value is -3.58. The quantitative estimate of drug-likeness (QED) is 0.0375. The number of nitrogens with zero attached hydrogens (tertiary/aromatic N) is 2. The van der Waals surface area contributed by atoms with E-state index in [1.807, 2.05) is 91.8 Å². The van der Waals surface area contributed by atoms with Gasteiger partial charge in [-0.05, 0) is 83.6 Å². The highest BCUT2D eigenvalue weighted by atomic mass is 32.2. The van der Waals surface area contributed by atoms with Crippen LogP contribution in [0.25, 0.3) is 38.4 Å². The highest BCUT2D eigenvalue weighted by Crippen LogP contribution is 2.44. The van der Waals surface area contributed by atoms with E-state index in [0.717, 1.165) is 66.4 Å². The molecule has 0 fully saturated rings. The molecule has 9 nitrogen and oxygen atoms in total. The fourth-order valence-electron chi connectivity index (χ4n) is 8.13. The number of nitrogens with one attached hydrogen (secondary N) is 3. The number of benzene rings is 5. The number of hydrogen-bond acceptors (Lipinski definition) is 7. The second-order valence-electron chi connectivity index (χ2n) is 18.2. The van der Waals surface area contributed by atoms with Gasteiger partial charge in [0.1, 0.15) is 0 Å². The molecule has 0 atom stereocenters. The van der Waals surface area contributed by atoms with Gasteiger partial charge in [-0.3, -0.25) is 0 Å². The van der Waals surface area contributed by atoms with Crippen LogP contribution in [0.15, 0.2) is 83.1 Å². The zero-order valence-corrected chi connectivity index (χ0v) is 39.1. The van der Waals surface area contributed by atoms with Crippen LogP contribution in [0.4, 0.5) is 5.69 Å². The predicted octanol–water partition coefficient (Wildman–Crippen LogP) is 10.2. The van der Waals surface area contributed by atoms with E-state index in [9.17, 15) is 16.8 Å². The van der Waals surface area contributed by atoms with Crippen molar-refractivity contribution in [1.82, 2.24) is 19.2 Å². The standard InChI is InChI=1S/C49H71N5O4S2/c1-10-39-15-17-40(18-16-39)30-51-26-14-12-11-13-25-50-27-28-52-45-24-20-41-19-21-43-46(59(55,56)53(31-35(2)3)32-36(4)5)29-47(44-23-22-42(45)48(41)49(43)44)60(57,58)54(33-37(6)7)34-38(8)9/h10,15-24,29,35-38,50-52H,1,11-14,25-28,30-34H2,2-9H3. The molecule has 0 bridgehead atoms. The second-order valence-corrected chi connectivity index (χ2v) is 22.0. The van der Waals surface area contributed by atoms with Crippen molar-refractivity contribution >= 4 is 64.1 Å². The van der Waals surface area contributed by atoms with Crippen LogP contribution < -0.4 is 16.0 Å². The normalized spacial score (nSPS) is 12.9. The van der Waals surface area contributed by atoms with Crippen molar-refractivity contribution in [2.75, 3.05) is 57.7 Å². The van der Waals surface area contributed by atoms with Crippen molar-refractivity contribution in [2.24, 2.45) is 23.7 Å². The van der Waals surface area contributed by atoms with Crippen LogP contribution in [0.1, 0.15) is 92.2 Å². The first kappa shape index (κ1) is 47.5. The molecule has 0 unspecified atom stereocenters. The van der Waals surface area contributed by atoms with Crippen LogP contribution in [-0.2, 0) is 26.6 Å². The van der Waals surface area contributed by atoms with Crippen LogP contribution in [0.5, 0.6) is 0 Å². The summed E-state index contributed by atoms with van der Waals surface area (Å²) >= 11 is 0. The van der Waals surface area contributed by atoms with Gasteiger partial charge in [0, 0.05) is 73.0 Å². The first-order valence-corrected chi connectivity index (χ1v) is 25.0. The van der Waals surface area contributed by atoms with Gasteiger partial charge in [0.2, 0.25) is 20.0 Å². The Bertz CT molecular complexity index is 2280. The van der Waals surface area contributed by atoms with Crippen LogP contribution in [0, 0.1) is 23.7 Å². The Morgan fingerprint density at radius 2 is 1.03 bits per heavy atom. The fraction of sp³-hybridized carbons (Fsp3) is 0.510. The lowest BCUT2D eigenvalue weighted by molar-refractivity contribution is 0.332. The summed E-state index contributed by atoms with van der Waals surface area (Å²) in [5.74, 6) is 0.342. The van der Waals surface area contributed by atoms with Crippen LogP contribution in [-0.4, -0.2) is 77.8 Å². The zero-order chi connectivity index (χ0) is 43.6. The Kier molecular flexibility index (Phi) is 17.0. The maximum absolute atomic E-state index is 14.9. The second kappa shape index (κ2) is 21.5. The molecule has 0 amide bonds. The largest absolute Gasteiger partial charge is 0.383 e. The van der Waals surface area contributed by atoms with Gasteiger partial charge in [-0.15, -0.1) is 0 Å². The number of unbranched alkanes of at least 4 members (excludes halogenated alkanes) is 3. The molecule has 5 rings (SSSR count). The molecule has 0 aromatic heterocycles. The maximum atomic E-state index is 14.9. The third kappa shape index (κ3) is 11.9. The van der Waals surface area contributed by atoms with Gasteiger partial charge in [-0.1, -0.05) is 135 Å². The van der Waals surface area contributed by atoms with E-state index in [1.54, 1.807) is 8.61 Å². The smallest absolute Gasteiger partial charge is 0.243 e. The topological polar surface area (TPSA) is 111 Å². The minimum atomic E-state index is -4.11. The first-order valence-electron chi connectivity index (χ1n) is 22.2.